The van der Waals surface area contributed by atoms with Crippen molar-refractivity contribution >= 4 is 5.84 Å². The van der Waals surface area contributed by atoms with E-state index in [0.717, 1.165) is 13.0 Å². The van der Waals surface area contributed by atoms with Crippen LogP contribution in [0.3, 0.4) is 0 Å². The first-order valence-corrected chi connectivity index (χ1v) is 5.40. The van der Waals surface area contributed by atoms with Gasteiger partial charge in [0.1, 0.15) is 11.4 Å². The highest BCUT2D eigenvalue weighted by Gasteiger charge is 2.26. The highest BCUT2D eigenvalue weighted by Crippen LogP contribution is 2.15. The molecule has 0 rings (SSSR count). The standard InChI is InChI=1S/C11H24N2O/c1-6-11(5,14-7-2)10(12)13-8-9(3)4/h9H,6-8H2,1-5H3,(H2,12,13). The Balaban J connectivity index is 4.42. The van der Waals surface area contributed by atoms with Crippen molar-refractivity contribution in [3.05, 3.63) is 0 Å². The molecule has 84 valence electrons. The maximum atomic E-state index is 5.92. The van der Waals surface area contributed by atoms with Crippen LogP contribution in [0, 0.1) is 5.92 Å². The van der Waals surface area contributed by atoms with E-state index in [4.69, 9.17) is 10.5 Å². The smallest absolute Gasteiger partial charge is 0.126 e. The minimum atomic E-state index is -0.385. The Morgan fingerprint density at radius 3 is 2.36 bits per heavy atom. The van der Waals surface area contributed by atoms with E-state index in [2.05, 4.69) is 25.8 Å². The molecule has 0 amide bonds. The van der Waals surface area contributed by atoms with Gasteiger partial charge in [0.15, 0.2) is 0 Å². The summed E-state index contributed by atoms with van der Waals surface area (Å²) < 4.78 is 5.62. The van der Waals surface area contributed by atoms with E-state index in [1.54, 1.807) is 0 Å². The van der Waals surface area contributed by atoms with Crippen LogP contribution >= 0.6 is 0 Å². The number of amidine groups is 1. The van der Waals surface area contributed by atoms with E-state index >= 15 is 0 Å². The number of ether oxygens (including phenoxy) is 1. The SMILES string of the molecule is CCOC(C)(CC)C(N)=NCC(C)C. The molecule has 0 aliphatic heterocycles. The van der Waals surface area contributed by atoms with Crippen molar-refractivity contribution in [3.63, 3.8) is 0 Å². The van der Waals surface area contributed by atoms with Gasteiger partial charge in [-0.1, -0.05) is 20.8 Å². The fourth-order valence-electron chi connectivity index (χ4n) is 1.12. The summed E-state index contributed by atoms with van der Waals surface area (Å²) in [5, 5.41) is 0. The molecular weight excluding hydrogens is 176 g/mol. The van der Waals surface area contributed by atoms with Crippen LogP contribution in [0.4, 0.5) is 0 Å². The molecule has 0 aliphatic carbocycles. The van der Waals surface area contributed by atoms with E-state index < -0.39 is 0 Å². The molecule has 3 heteroatoms. The second kappa shape index (κ2) is 6.02. The highest BCUT2D eigenvalue weighted by atomic mass is 16.5. The van der Waals surface area contributed by atoms with Crippen LogP contribution < -0.4 is 5.73 Å². The monoisotopic (exact) mass is 200 g/mol. The predicted molar refractivity (Wildman–Crippen MR) is 61.6 cm³/mol. The predicted octanol–water partition coefficient (Wildman–Crippen LogP) is 2.20. The molecule has 0 saturated heterocycles. The first-order valence-electron chi connectivity index (χ1n) is 5.40. The number of aliphatic imine (C=N–C) groups is 1. The summed E-state index contributed by atoms with van der Waals surface area (Å²) in [5.74, 6) is 1.16. The second-order valence-corrected chi connectivity index (χ2v) is 4.14. The van der Waals surface area contributed by atoms with Crippen molar-refractivity contribution < 1.29 is 4.74 Å². The largest absolute Gasteiger partial charge is 0.385 e. The molecule has 0 fully saturated rings. The molecule has 3 nitrogen and oxygen atoms in total. The highest BCUT2D eigenvalue weighted by molar-refractivity contribution is 5.88. The zero-order valence-electron chi connectivity index (χ0n) is 10.1. The molecule has 0 heterocycles. The molecule has 1 unspecified atom stereocenters. The summed E-state index contributed by atoms with van der Waals surface area (Å²) in [6.45, 7) is 11.7. The topological polar surface area (TPSA) is 47.6 Å². The van der Waals surface area contributed by atoms with Crippen LogP contribution in [0.2, 0.25) is 0 Å². The van der Waals surface area contributed by atoms with Gasteiger partial charge in [-0.05, 0) is 26.2 Å². The van der Waals surface area contributed by atoms with Gasteiger partial charge < -0.3 is 10.5 Å². The van der Waals surface area contributed by atoms with Crippen molar-refractivity contribution in [2.45, 2.75) is 46.6 Å². The third-order valence-electron chi connectivity index (χ3n) is 2.31. The fraction of sp³-hybridized carbons (Fsp3) is 0.909. The lowest BCUT2D eigenvalue weighted by Crippen LogP contribution is -2.43. The summed E-state index contributed by atoms with van der Waals surface area (Å²) in [7, 11) is 0. The van der Waals surface area contributed by atoms with Gasteiger partial charge in [-0.25, -0.2) is 0 Å². The summed E-state index contributed by atoms with van der Waals surface area (Å²) in [6, 6.07) is 0. The molecule has 2 N–H and O–H groups in total. The van der Waals surface area contributed by atoms with E-state index in [1.165, 1.54) is 0 Å². The van der Waals surface area contributed by atoms with Crippen molar-refractivity contribution in [1.29, 1.82) is 0 Å². The van der Waals surface area contributed by atoms with Crippen molar-refractivity contribution in [2.75, 3.05) is 13.2 Å². The van der Waals surface area contributed by atoms with Crippen LogP contribution in [0.5, 0.6) is 0 Å². The van der Waals surface area contributed by atoms with Gasteiger partial charge in [0.2, 0.25) is 0 Å². The Morgan fingerprint density at radius 2 is 2.00 bits per heavy atom. The van der Waals surface area contributed by atoms with E-state index in [1.807, 2.05) is 13.8 Å². The van der Waals surface area contributed by atoms with Gasteiger partial charge in [0.05, 0.1) is 0 Å². The molecule has 0 radical (unpaired) electrons. The Hall–Kier alpha value is -0.570. The van der Waals surface area contributed by atoms with Crippen LogP contribution in [-0.4, -0.2) is 24.6 Å². The molecule has 0 aromatic heterocycles. The summed E-state index contributed by atoms with van der Waals surface area (Å²) >= 11 is 0. The minimum absolute atomic E-state index is 0.385. The van der Waals surface area contributed by atoms with Crippen LogP contribution in [0.25, 0.3) is 0 Å². The number of nitrogens with two attached hydrogens (primary N) is 1. The zero-order chi connectivity index (χ0) is 11.2. The van der Waals surface area contributed by atoms with Gasteiger partial charge in [-0.3, -0.25) is 4.99 Å². The normalized spacial score (nSPS) is 17.1. The number of rotatable bonds is 6. The molecule has 0 bridgehead atoms. The quantitative estimate of drug-likeness (QED) is 0.528. The fourth-order valence-corrected chi connectivity index (χ4v) is 1.12. The molecule has 0 spiro atoms. The first-order chi connectivity index (χ1) is 6.46. The molecule has 1 atom stereocenters. The average molecular weight is 200 g/mol. The maximum Gasteiger partial charge on any atom is 0.126 e. The van der Waals surface area contributed by atoms with Crippen LogP contribution in [0.1, 0.15) is 41.0 Å². The van der Waals surface area contributed by atoms with Crippen LogP contribution in [-0.2, 0) is 4.74 Å². The van der Waals surface area contributed by atoms with Gasteiger partial charge in [-0.2, -0.15) is 0 Å². The number of hydrogen-bond acceptors (Lipinski definition) is 2. The van der Waals surface area contributed by atoms with Crippen molar-refractivity contribution in [2.24, 2.45) is 16.6 Å². The maximum absolute atomic E-state index is 5.92. The molecule has 0 aromatic carbocycles. The molecule has 14 heavy (non-hydrogen) atoms. The number of hydrogen-bond donors (Lipinski definition) is 1. The lowest BCUT2D eigenvalue weighted by molar-refractivity contribution is 0.0257. The van der Waals surface area contributed by atoms with Crippen molar-refractivity contribution in [3.8, 4) is 0 Å². The minimum Gasteiger partial charge on any atom is -0.385 e. The molecular formula is C11H24N2O. The van der Waals surface area contributed by atoms with Crippen molar-refractivity contribution in [1.82, 2.24) is 0 Å². The van der Waals surface area contributed by atoms with E-state index in [0.29, 0.717) is 18.4 Å². The van der Waals surface area contributed by atoms with E-state index in [-0.39, 0.29) is 5.60 Å². The second-order valence-electron chi connectivity index (χ2n) is 4.14. The lowest BCUT2D eigenvalue weighted by atomic mass is 10.0. The van der Waals surface area contributed by atoms with Gasteiger partial charge in [0, 0.05) is 13.2 Å². The average Bonchev–Trinajstić information content (AvgIpc) is 2.14. The Bertz CT molecular complexity index is 190. The molecule has 0 saturated carbocycles. The Labute approximate surface area is 87.7 Å². The Morgan fingerprint density at radius 1 is 1.43 bits per heavy atom. The lowest BCUT2D eigenvalue weighted by Gasteiger charge is -2.27. The number of nitrogens with zero attached hydrogens (tertiary/aromatic N) is 1. The van der Waals surface area contributed by atoms with Gasteiger partial charge in [-0.15, -0.1) is 0 Å². The molecule has 0 aliphatic rings. The summed E-state index contributed by atoms with van der Waals surface area (Å²) in [4.78, 5) is 4.35. The third-order valence-corrected chi connectivity index (χ3v) is 2.31. The summed E-state index contributed by atoms with van der Waals surface area (Å²) in [6.07, 6.45) is 0.855. The van der Waals surface area contributed by atoms with E-state index in [9.17, 15) is 0 Å². The van der Waals surface area contributed by atoms with Gasteiger partial charge >= 0.3 is 0 Å². The van der Waals surface area contributed by atoms with Crippen LogP contribution in [0.15, 0.2) is 4.99 Å². The Kier molecular flexibility index (Phi) is 5.77. The van der Waals surface area contributed by atoms with Gasteiger partial charge in [0.25, 0.3) is 0 Å². The zero-order valence-corrected chi connectivity index (χ0v) is 10.1. The molecule has 0 aromatic rings. The first kappa shape index (κ1) is 13.4. The summed E-state index contributed by atoms with van der Waals surface area (Å²) in [5.41, 5.74) is 5.54. The third kappa shape index (κ3) is 4.09.